The lowest BCUT2D eigenvalue weighted by Gasteiger charge is -2.03. The molecular formula is C13H9Cl2FS. The second kappa shape index (κ2) is 5.76. The largest absolute Gasteiger partial charge is 0.205 e. The topological polar surface area (TPSA) is 0 Å². The molecule has 0 unspecified atom stereocenters. The van der Waals surface area contributed by atoms with Crippen LogP contribution in [-0.2, 0) is 5.75 Å². The summed E-state index contributed by atoms with van der Waals surface area (Å²) in [5.41, 5.74) is 1.15. The van der Waals surface area contributed by atoms with E-state index in [4.69, 9.17) is 23.2 Å². The summed E-state index contributed by atoms with van der Waals surface area (Å²) in [7, 11) is 0. The number of rotatable bonds is 3. The van der Waals surface area contributed by atoms with Gasteiger partial charge in [-0.2, -0.15) is 0 Å². The van der Waals surface area contributed by atoms with Crippen LogP contribution in [0.3, 0.4) is 0 Å². The molecule has 17 heavy (non-hydrogen) atoms. The minimum atomic E-state index is -0.382. The van der Waals surface area contributed by atoms with Crippen LogP contribution in [0.4, 0.5) is 4.39 Å². The summed E-state index contributed by atoms with van der Waals surface area (Å²) >= 11 is 13.0. The van der Waals surface area contributed by atoms with Gasteiger partial charge in [-0.1, -0.05) is 35.3 Å². The molecule has 0 atom stereocenters. The van der Waals surface area contributed by atoms with E-state index in [1.165, 1.54) is 6.07 Å². The molecule has 0 aromatic heterocycles. The quantitative estimate of drug-likeness (QED) is 0.679. The van der Waals surface area contributed by atoms with Gasteiger partial charge in [0.15, 0.2) is 0 Å². The summed E-state index contributed by atoms with van der Waals surface area (Å²) in [4.78, 5) is 0.863. The fourth-order valence-corrected chi connectivity index (χ4v) is 2.43. The van der Waals surface area contributed by atoms with Crippen LogP contribution in [0, 0.1) is 5.82 Å². The van der Waals surface area contributed by atoms with E-state index in [-0.39, 0.29) is 10.8 Å². The average molecular weight is 287 g/mol. The van der Waals surface area contributed by atoms with Crippen LogP contribution in [0.5, 0.6) is 0 Å². The molecular weight excluding hydrogens is 278 g/mol. The van der Waals surface area contributed by atoms with Gasteiger partial charge in [0.25, 0.3) is 0 Å². The summed E-state index contributed by atoms with van der Waals surface area (Å²) in [5.74, 6) is 0.394. The van der Waals surface area contributed by atoms with Gasteiger partial charge in [-0.3, -0.25) is 0 Å². The Labute approximate surface area is 114 Å². The van der Waals surface area contributed by atoms with E-state index in [1.807, 2.05) is 30.3 Å². The molecule has 0 bridgehead atoms. The monoisotopic (exact) mass is 286 g/mol. The van der Waals surface area contributed by atoms with Crippen LogP contribution in [0.25, 0.3) is 0 Å². The molecule has 0 fully saturated rings. The molecule has 0 aliphatic rings. The highest BCUT2D eigenvalue weighted by molar-refractivity contribution is 7.98. The van der Waals surface area contributed by atoms with Gasteiger partial charge in [-0.05, 0) is 35.9 Å². The number of halogens is 3. The van der Waals surface area contributed by atoms with Crippen LogP contribution in [0.1, 0.15) is 5.56 Å². The highest BCUT2D eigenvalue weighted by atomic mass is 35.5. The third kappa shape index (κ3) is 3.63. The maximum atomic E-state index is 13.2. The molecule has 0 aliphatic carbocycles. The van der Waals surface area contributed by atoms with E-state index in [9.17, 15) is 4.39 Å². The lowest BCUT2D eigenvalue weighted by atomic mass is 10.2. The van der Waals surface area contributed by atoms with Crippen molar-refractivity contribution in [2.24, 2.45) is 0 Å². The average Bonchev–Trinajstić information content (AvgIpc) is 2.33. The smallest absolute Gasteiger partial charge is 0.142 e. The molecule has 0 spiro atoms. The van der Waals surface area contributed by atoms with E-state index >= 15 is 0 Å². The molecule has 4 heteroatoms. The summed E-state index contributed by atoms with van der Waals surface area (Å²) in [6, 6.07) is 12.4. The van der Waals surface area contributed by atoms with Crippen LogP contribution < -0.4 is 0 Å². The van der Waals surface area contributed by atoms with Gasteiger partial charge in [0.2, 0.25) is 0 Å². The highest BCUT2D eigenvalue weighted by Gasteiger charge is 2.02. The number of benzene rings is 2. The third-order valence-electron chi connectivity index (χ3n) is 2.21. The van der Waals surface area contributed by atoms with E-state index in [1.54, 1.807) is 17.8 Å². The minimum Gasteiger partial charge on any atom is -0.205 e. The maximum absolute atomic E-state index is 13.2. The summed E-state index contributed by atoms with van der Waals surface area (Å²) in [6.07, 6.45) is 0. The van der Waals surface area contributed by atoms with Gasteiger partial charge in [0, 0.05) is 15.7 Å². The van der Waals surface area contributed by atoms with Gasteiger partial charge >= 0.3 is 0 Å². The molecule has 0 radical (unpaired) electrons. The van der Waals surface area contributed by atoms with Crippen LogP contribution in [0.2, 0.25) is 10.0 Å². The lowest BCUT2D eigenvalue weighted by molar-refractivity contribution is 0.624. The van der Waals surface area contributed by atoms with Gasteiger partial charge < -0.3 is 0 Å². The molecule has 0 nitrogen and oxygen atoms in total. The first-order chi connectivity index (χ1) is 8.15. The summed E-state index contributed by atoms with van der Waals surface area (Å²) < 4.78 is 13.2. The van der Waals surface area contributed by atoms with Crippen molar-refractivity contribution in [3.05, 3.63) is 63.9 Å². The molecule has 0 saturated heterocycles. The molecule has 0 aliphatic heterocycles. The Balaban J connectivity index is 2.02. The number of thioether (sulfide) groups is 1. The van der Waals surface area contributed by atoms with Crippen LogP contribution >= 0.6 is 35.0 Å². The Morgan fingerprint density at radius 3 is 2.35 bits per heavy atom. The molecule has 0 heterocycles. The summed E-state index contributed by atoms with van der Waals surface area (Å²) in [6.45, 7) is 0. The highest BCUT2D eigenvalue weighted by Crippen LogP contribution is 2.26. The van der Waals surface area contributed by atoms with E-state index < -0.39 is 0 Å². The molecule has 88 valence electrons. The van der Waals surface area contributed by atoms with Crippen molar-refractivity contribution in [1.82, 2.24) is 0 Å². The van der Waals surface area contributed by atoms with Crippen molar-refractivity contribution in [2.45, 2.75) is 10.6 Å². The van der Waals surface area contributed by atoms with Crippen molar-refractivity contribution in [2.75, 3.05) is 0 Å². The lowest BCUT2D eigenvalue weighted by Crippen LogP contribution is -1.82. The molecule has 2 aromatic rings. The van der Waals surface area contributed by atoms with E-state index in [2.05, 4.69) is 0 Å². The van der Waals surface area contributed by atoms with Crippen molar-refractivity contribution in [3.63, 3.8) is 0 Å². The first-order valence-electron chi connectivity index (χ1n) is 4.97. The first-order valence-corrected chi connectivity index (χ1v) is 6.71. The van der Waals surface area contributed by atoms with Crippen molar-refractivity contribution < 1.29 is 4.39 Å². The zero-order valence-electron chi connectivity index (χ0n) is 8.79. The fraction of sp³-hybridized carbons (Fsp3) is 0.0769. The van der Waals surface area contributed by atoms with Gasteiger partial charge in [0.1, 0.15) is 5.82 Å². The zero-order valence-corrected chi connectivity index (χ0v) is 11.1. The predicted octanol–water partition coefficient (Wildman–Crippen LogP) is 5.42. The Morgan fingerprint density at radius 2 is 1.71 bits per heavy atom. The normalized spacial score (nSPS) is 10.5. The molecule has 0 N–H and O–H groups in total. The van der Waals surface area contributed by atoms with Gasteiger partial charge in [-0.25, -0.2) is 4.39 Å². The van der Waals surface area contributed by atoms with Gasteiger partial charge in [0.05, 0.1) is 5.02 Å². The van der Waals surface area contributed by atoms with Crippen molar-refractivity contribution in [1.29, 1.82) is 0 Å². The standard InChI is InChI=1S/C13H9Cl2FS/c14-10-3-1-9(2-4-10)8-17-11-5-6-12(15)13(16)7-11/h1-7H,8H2. The van der Waals surface area contributed by atoms with E-state index in [0.29, 0.717) is 0 Å². The number of hydrogen-bond donors (Lipinski definition) is 0. The fourth-order valence-electron chi connectivity index (χ4n) is 1.31. The molecule has 2 aromatic carbocycles. The second-order valence-electron chi connectivity index (χ2n) is 3.49. The number of hydrogen-bond acceptors (Lipinski definition) is 1. The van der Waals surface area contributed by atoms with Gasteiger partial charge in [-0.15, -0.1) is 11.8 Å². The minimum absolute atomic E-state index is 0.154. The Morgan fingerprint density at radius 1 is 1.00 bits per heavy atom. The molecule has 2 rings (SSSR count). The predicted molar refractivity (Wildman–Crippen MR) is 72.4 cm³/mol. The van der Waals surface area contributed by atoms with Crippen LogP contribution in [0.15, 0.2) is 47.4 Å². The summed E-state index contributed by atoms with van der Waals surface area (Å²) in [5, 5.41) is 0.872. The Bertz CT molecular complexity index is 511. The van der Waals surface area contributed by atoms with Crippen molar-refractivity contribution in [3.8, 4) is 0 Å². The first kappa shape index (κ1) is 12.7. The SMILES string of the molecule is Fc1cc(SCc2ccc(Cl)cc2)ccc1Cl. The Hall–Kier alpha value is -0.700. The second-order valence-corrected chi connectivity index (χ2v) is 5.38. The van der Waals surface area contributed by atoms with Crippen molar-refractivity contribution >= 4 is 35.0 Å². The zero-order chi connectivity index (χ0) is 12.3. The third-order valence-corrected chi connectivity index (χ3v) is 3.83. The molecule has 0 saturated carbocycles. The molecule has 0 amide bonds. The maximum Gasteiger partial charge on any atom is 0.142 e. The van der Waals surface area contributed by atoms with E-state index in [0.717, 1.165) is 21.2 Å². The Kier molecular flexibility index (Phi) is 4.32. The van der Waals surface area contributed by atoms with Crippen LogP contribution in [-0.4, -0.2) is 0 Å².